The normalized spacial score (nSPS) is 15.6. The van der Waals surface area contributed by atoms with E-state index >= 15 is 0 Å². The molecule has 0 unspecified atom stereocenters. The number of benzene rings is 1. The Morgan fingerprint density at radius 3 is 2.65 bits per heavy atom. The lowest BCUT2D eigenvalue weighted by Crippen LogP contribution is -2.24. The highest BCUT2D eigenvalue weighted by molar-refractivity contribution is 5.93. The summed E-state index contributed by atoms with van der Waals surface area (Å²) in [6, 6.07) is 6.42. The van der Waals surface area contributed by atoms with Crippen molar-refractivity contribution in [2.75, 3.05) is 6.61 Å². The lowest BCUT2D eigenvalue weighted by atomic mass is 9.98. The molecule has 108 valence electrons. The third-order valence-corrected chi connectivity index (χ3v) is 3.33. The van der Waals surface area contributed by atoms with Crippen molar-refractivity contribution in [1.82, 2.24) is 0 Å². The van der Waals surface area contributed by atoms with Crippen molar-refractivity contribution in [1.29, 1.82) is 0 Å². The third-order valence-electron chi connectivity index (χ3n) is 3.33. The van der Waals surface area contributed by atoms with E-state index in [1.807, 2.05) is 0 Å². The van der Waals surface area contributed by atoms with E-state index in [9.17, 15) is 9.59 Å². The van der Waals surface area contributed by atoms with Gasteiger partial charge in [-0.25, -0.2) is 4.79 Å². The first-order chi connectivity index (χ1) is 9.65. The SMILES string of the molecule is NC(=O)c1cccc(OCC(=O)OC2CCCCC2)c1. The van der Waals surface area contributed by atoms with E-state index < -0.39 is 5.91 Å². The number of rotatable bonds is 5. The molecule has 1 amide bonds. The molecule has 1 fully saturated rings. The molecule has 20 heavy (non-hydrogen) atoms. The van der Waals surface area contributed by atoms with Crippen molar-refractivity contribution in [3.8, 4) is 5.75 Å². The van der Waals surface area contributed by atoms with Gasteiger partial charge in [-0.3, -0.25) is 4.79 Å². The molecule has 2 rings (SSSR count). The smallest absolute Gasteiger partial charge is 0.344 e. The third kappa shape index (κ3) is 4.26. The summed E-state index contributed by atoms with van der Waals surface area (Å²) in [5, 5.41) is 0. The summed E-state index contributed by atoms with van der Waals surface area (Å²) in [5.41, 5.74) is 5.53. The van der Waals surface area contributed by atoms with Gasteiger partial charge >= 0.3 is 5.97 Å². The van der Waals surface area contributed by atoms with Crippen LogP contribution in [0.25, 0.3) is 0 Å². The molecule has 1 aliphatic carbocycles. The molecule has 0 radical (unpaired) electrons. The Bertz CT molecular complexity index is 481. The van der Waals surface area contributed by atoms with Crippen molar-refractivity contribution < 1.29 is 19.1 Å². The fourth-order valence-electron chi connectivity index (χ4n) is 2.28. The number of amides is 1. The van der Waals surface area contributed by atoms with E-state index in [0.717, 1.165) is 25.7 Å². The Kier molecular flexibility index (Phi) is 4.98. The first-order valence-corrected chi connectivity index (χ1v) is 6.87. The van der Waals surface area contributed by atoms with Gasteiger partial charge in [-0.05, 0) is 43.9 Å². The molecule has 0 aliphatic heterocycles. The van der Waals surface area contributed by atoms with Gasteiger partial charge in [0.1, 0.15) is 11.9 Å². The molecule has 1 aliphatic rings. The van der Waals surface area contributed by atoms with Gasteiger partial charge < -0.3 is 15.2 Å². The number of esters is 1. The van der Waals surface area contributed by atoms with Gasteiger partial charge in [-0.1, -0.05) is 12.5 Å². The zero-order valence-corrected chi connectivity index (χ0v) is 11.3. The lowest BCUT2D eigenvalue weighted by Gasteiger charge is -2.21. The maximum atomic E-state index is 11.7. The maximum absolute atomic E-state index is 11.7. The number of carbonyl (C=O) groups is 2. The van der Waals surface area contributed by atoms with E-state index in [-0.39, 0.29) is 18.7 Å². The van der Waals surface area contributed by atoms with Gasteiger partial charge in [0, 0.05) is 5.56 Å². The van der Waals surface area contributed by atoms with Crippen molar-refractivity contribution >= 4 is 11.9 Å². The van der Waals surface area contributed by atoms with Crippen LogP contribution in [0.15, 0.2) is 24.3 Å². The van der Waals surface area contributed by atoms with Crippen molar-refractivity contribution in [3.63, 3.8) is 0 Å². The van der Waals surface area contributed by atoms with Gasteiger partial charge in [-0.15, -0.1) is 0 Å². The lowest BCUT2D eigenvalue weighted by molar-refractivity contribution is -0.152. The summed E-state index contributed by atoms with van der Waals surface area (Å²) in [5.74, 6) is -0.469. The Balaban J connectivity index is 1.80. The van der Waals surface area contributed by atoms with Crippen LogP contribution in [-0.2, 0) is 9.53 Å². The zero-order valence-electron chi connectivity index (χ0n) is 11.3. The Labute approximate surface area is 118 Å². The molecule has 0 aromatic heterocycles. The van der Waals surface area contributed by atoms with Crippen LogP contribution in [0, 0.1) is 0 Å². The summed E-state index contributed by atoms with van der Waals surface area (Å²) < 4.78 is 10.7. The largest absolute Gasteiger partial charge is 0.482 e. The van der Waals surface area contributed by atoms with Gasteiger partial charge in [0.25, 0.3) is 0 Å². The Morgan fingerprint density at radius 2 is 1.95 bits per heavy atom. The first-order valence-electron chi connectivity index (χ1n) is 6.87. The van der Waals surface area contributed by atoms with E-state index in [1.54, 1.807) is 18.2 Å². The first kappa shape index (κ1) is 14.4. The Hall–Kier alpha value is -2.04. The average molecular weight is 277 g/mol. The second kappa shape index (κ2) is 6.93. The minimum absolute atomic E-state index is 0.0248. The van der Waals surface area contributed by atoms with Crippen LogP contribution in [0.2, 0.25) is 0 Å². The quantitative estimate of drug-likeness (QED) is 0.835. The number of carbonyl (C=O) groups excluding carboxylic acids is 2. The maximum Gasteiger partial charge on any atom is 0.344 e. The van der Waals surface area contributed by atoms with E-state index in [0.29, 0.717) is 11.3 Å². The van der Waals surface area contributed by atoms with Crippen LogP contribution in [0.5, 0.6) is 5.75 Å². The molecule has 1 aromatic carbocycles. The average Bonchev–Trinajstić information content (AvgIpc) is 2.46. The van der Waals surface area contributed by atoms with Crippen LogP contribution in [0.1, 0.15) is 42.5 Å². The van der Waals surface area contributed by atoms with Crippen molar-refractivity contribution in [3.05, 3.63) is 29.8 Å². The van der Waals surface area contributed by atoms with Crippen molar-refractivity contribution in [2.24, 2.45) is 5.73 Å². The minimum Gasteiger partial charge on any atom is -0.482 e. The number of nitrogens with two attached hydrogens (primary N) is 1. The van der Waals surface area contributed by atoms with E-state index in [2.05, 4.69) is 0 Å². The number of hydrogen-bond acceptors (Lipinski definition) is 4. The standard InChI is InChI=1S/C15H19NO4/c16-15(18)11-5-4-8-13(9-11)19-10-14(17)20-12-6-2-1-3-7-12/h4-5,8-9,12H,1-3,6-7,10H2,(H2,16,18). The second-order valence-electron chi connectivity index (χ2n) is 4.93. The molecule has 0 bridgehead atoms. The van der Waals surface area contributed by atoms with Crippen LogP contribution in [0.3, 0.4) is 0 Å². The summed E-state index contributed by atoms with van der Waals surface area (Å²) in [4.78, 5) is 22.7. The highest BCUT2D eigenvalue weighted by atomic mass is 16.6. The van der Waals surface area contributed by atoms with E-state index in [1.165, 1.54) is 12.5 Å². The minimum atomic E-state index is -0.528. The van der Waals surface area contributed by atoms with Crippen molar-refractivity contribution in [2.45, 2.75) is 38.2 Å². The predicted octanol–water partition coefficient (Wildman–Crippen LogP) is 2.04. The topological polar surface area (TPSA) is 78.6 Å². The molecule has 2 N–H and O–H groups in total. The summed E-state index contributed by atoms with van der Waals surface area (Å²) in [6.07, 6.45) is 5.33. The molecule has 1 aromatic rings. The summed E-state index contributed by atoms with van der Waals surface area (Å²) in [7, 11) is 0. The summed E-state index contributed by atoms with van der Waals surface area (Å²) in [6.45, 7) is -0.154. The van der Waals surface area contributed by atoms with Gasteiger partial charge in [0.2, 0.25) is 5.91 Å². The Morgan fingerprint density at radius 1 is 1.20 bits per heavy atom. The van der Waals surface area contributed by atoms with Crippen LogP contribution < -0.4 is 10.5 Å². The molecule has 5 heteroatoms. The molecule has 0 spiro atoms. The van der Waals surface area contributed by atoms with E-state index in [4.69, 9.17) is 15.2 Å². The van der Waals surface area contributed by atoms with Crippen LogP contribution in [-0.4, -0.2) is 24.6 Å². The van der Waals surface area contributed by atoms with Gasteiger partial charge in [0.15, 0.2) is 6.61 Å². The van der Waals surface area contributed by atoms with Gasteiger partial charge in [0.05, 0.1) is 0 Å². The number of hydrogen-bond donors (Lipinski definition) is 1. The molecule has 5 nitrogen and oxygen atoms in total. The molecule has 1 saturated carbocycles. The fraction of sp³-hybridized carbons (Fsp3) is 0.467. The molecular formula is C15H19NO4. The van der Waals surface area contributed by atoms with Crippen LogP contribution >= 0.6 is 0 Å². The highest BCUT2D eigenvalue weighted by Crippen LogP contribution is 2.20. The highest BCUT2D eigenvalue weighted by Gasteiger charge is 2.17. The van der Waals surface area contributed by atoms with Gasteiger partial charge in [-0.2, -0.15) is 0 Å². The molecule has 0 heterocycles. The molecule has 0 atom stereocenters. The predicted molar refractivity (Wildman–Crippen MR) is 73.4 cm³/mol. The summed E-state index contributed by atoms with van der Waals surface area (Å²) >= 11 is 0. The number of ether oxygens (including phenoxy) is 2. The monoisotopic (exact) mass is 277 g/mol. The molecular weight excluding hydrogens is 258 g/mol. The number of primary amides is 1. The van der Waals surface area contributed by atoms with Crippen LogP contribution in [0.4, 0.5) is 0 Å². The second-order valence-corrected chi connectivity index (χ2v) is 4.93. The zero-order chi connectivity index (χ0) is 14.4. The molecule has 0 saturated heterocycles. The fourth-order valence-corrected chi connectivity index (χ4v) is 2.28.